The summed E-state index contributed by atoms with van der Waals surface area (Å²) in [7, 11) is 0. The molecule has 5 heteroatoms. The fraction of sp³-hybridized carbons (Fsp3) is 0.667. The summed E-state index contributed by atoms with van der Waals surface area (Å²) in [5.41, 5.74) is 5.56. The van der Waals surface area contributed by atoms with E-state index in [1.165, 1.54) is 0 Å². The first-order chi connectivity index (χ1) is 8.00. The summed E-state index contributed by atoms with van der Waals surface area (Å²) in [6.45, 7) is 8.39. The molecule has 0 aromatic carbocycles. The zero-order valence-corrected chi connectivity index (χ0v) is 10.9. The molecule has 0 bridgehead atoms. The number of aromatic nitrogens is 2. The largest absolute Gasteiger partial charge is 0.351 e. The van der Waals surface area contributed by atoms with Crippen molar-refractivity contribution in [2.75, 3.05) is 24.5 Å². The first kappa shape index (κ1) is 13.7. The van der Waals surface area contributed by atoms with Gasteiger partial charge in [-0.15, -0.1) is 0 Å². The smallest absolute Gasteiger partial charge is 0.290 e. The molecule has 1 rings (SSSR count). The molecule has 0 atom stereocenters. The molecule has 3 N–H and O–H groups in total. The Balaban J connectivity index is 2.94. The van der Waals surface area contributed by atoms with Crippen LogP contribution in [0, 0.1) is 5.41 Å². The highest BCUT2D eigenvalue weighted by Crippen LogP contribution is 2.17. The Morgan fingerprint density at radius 1 is 1.53 bits per heavy atom. The van der Waals surface area contributed by atoms with Crippen LogP contribution in [-0.2, 0) is 0 Å². The SMILES string of the molecule is CCCN(CC(C)(C)CN)c1ncc[nH]c1=O. The van der Waals surface area contributed by atoms with E-state index in [-0.39, 0.29) is 11.0 Å². The number of H-pyrrole nitrogens is 1. The molecule has 0 unspecified atom stereocenters. The Morgan fingerprint density at radius 2 is 2.24 bits per heavy atom. The monoisotopic (exact) mass is 238 g/mol. The Morgan fingerprint density at radius 3 is 2.76 bits per heavy atom. The molecule has 0 aliphatic carbocycles. The zero-order chi connectivity index (χ0) is 12.9. The van der Waals surface area contributed by atoms with E-state index in [0.29, 0.717) is 12.4 Å². The van der Waals surface area contributed by atoms with E-state index in [4.69, 9.17) is 5.73 Å². The third-order valence-corrected chi connectivity index (χ3v) is 2.65. The van der Waals surface area contributed by atoms with Gasteiger partial charge in [0.2, 0.25) is 0 Å². The molecule has 0 aliphatic heterocycles. The summed E-state index contributed by atoms with van der Waals surface area (Å²) >= 11 is 0. The van der Waals surface area contributed by atoms with Crippen LogP contribution in [0.15, 0.2) is 17.2 Å². The van der Waals surface area contributed by atoms with Crippen LogP contribution in [0.1, 0.15) is 27.2 Å². The van der Waals surface area contributed by atoms with Crippen molar-refractivity contribution < 1.29 is 0 Å². The van der Waals surface area contributed by atoms with Crippen molar-refractivity contribution in [3.8, 4) is 0 Å². The highest BCUT2D eigenvalue weighted by Gasteiger charge is 2.22. The average molecular weight is 238 g/mol. The van der Waals surface area contributed by atoms with E-state index in [0.717, 1.165) is 19.5 Å². The maximum atomic E-state index is 11.7. The maximum absolute atomic E-state index is 11.7. The molecule has 0 spiro atoms. The standard InChI is InChI=1S/C12H22N4O/c1-4-7-16(9-12(2,3)8-13)10-11(17)15-6-5-14-10/h5-6H,4,7-9,13H2,1-3H3,(H,15,17). The van der Waals surface area contributed by atoms with Gasteiger partial charge in [0.25, 0.3) is 5.56 Å². The lowest BCUT2D eigenvalue weighted by Gasteiger charge is -2.31. The predicted molar refractivity (Wildman–Crippen MR) is 70.2 cm³/mol. The molecule has 1 aromatic rings. The summed E-state index contributed by atoms with van der Waals surface area (Å²) < 4.78 is 0. The van der Waals surface area contributed by atoms with E-state index >= 15 is 0 Å². The number of nitrogens with one attached hydrogen (secondary N) is 1. The molecule has 0 fully saturated rings. The fourth-order valence-electron chi connectivity index (χ4n) is 1.68. The molecule has 1 heterocycles. The van der Waals surface area contributed by atoms with E-state index in [1.54, 1.807) is 12.4 Å². The summed E-state index contributed by atoms with van der Waals surface area (Å²) in [6.07, 6.45) is 4.12. The van der Waals surface area contributed by atoms with Gasteiger partial charge in [-0.3, -0.25) is 4.79 Å². The lowest BCUT2D eigenvalue weighted by atomic mass is 9.93. The normalized spacial score (nSPS) is 11.5. The van der Waals surface area contributed by atoms with E-state index in [9.17, 15) is 4.79 Å². The molecule has 17 heavy (non-hydrogen) atoms. The Labute approximate surface area is 102 Å². The van der Waals surface area contributed by atoms with Gasteiger partial charge in [-0.1, -0.05) is 20.8 Å². The third kappa shape index (κ3) is 3.85. The van der Waals surface area contributed by atoms with Gasteiger partial charge < -0.3 is 15.6 Å². The van der Waals surface area contributed by atoms with Crippen LogP contribution in [0.3, 0.4) is 0 Å². The van der Waals surface area contributed by atoms with Crippen LogP contribution in [0.25, 0.3) is 0 Å². The van der Waals surface area contributed by atoms with E-state index in [1.807, 2.05) is 4.90 Å². The van der Waals surface area contributed by atoms with Crippen molar-refractivity contribution in [1.29, 1.82) is 0 Å². The van der Waals surface area contributed by atoms with E-state index < -0.39 is 0 Å². The minimum Gasteiger partial charge on any atom is -0.351 e. The highest BCUT2D eigenvalue weighted by atomic mass is 16.1. The van der Waals surface area contributed by atoms with Gasteiger partial charge in [0.05, 0.1) is 0 Å². The number of aromatic amines is 1. The highest BCUT2D eigenvalue weighted by molar-refractivity contribution is 5.35. The van der Waals surface area contributed by atoms with Crippen LogP contribution in [-0.4, -0.2) is 29.6 Å². The predicted octanol–water partition coefficient (Wildman–Crippen LogP) is 0.971. The number of nitrogens with zero attached hydrogens (tertiary/aromatic N) is 2. The third-order valence-electron chi connectivity index (χ3n) is 2.65. The second-order valence-electron chi connectivity index (χ2n) is 5.03. The second-order valence-corrected chi connectivity index (χ2v) is 5.03. The molecular formula is C12H22N4O. The van der Waals surface area contributed by atoms with Crippen LogP contribution < -0.4 is 16.2 Å². The Hall–Kier alpha value is -1.36. The molecule has 1 aromatic heterocycles. The van der Waals surface area contributed by atoms with Crippen LogP contribution in [0.4, 0.5) is 5.82 Å². The molecule has 0 radical (unpaired) electrons. The summed E-state index contributed by atoms with van der Waals surface area (Å²) in [5.74, 6) is 0.482. The zero-order valence-electron chi connectivity index (χ0n) is 10.9. The number of nitrogens with two attached hydrogens (primary N) is 1. The van der Waals surface area contributed by atoms with Crippen molar-refractivity contribution in [2.45, 2.75) is 27.2 Å². The first-order valence-electron chi connectivity index (χ1n) is 5.99. The van der Waals surface area contributed by atoms with Crippen molar-refractivity contribution >= 4 is 5.82 Å². The molecule has 96 valence electrons. The van der Waals surface area contributed by atoms with Crippen LogP contribution in [0.5, 0.6) is 0 Å². The minimum absolute atomic E-state index is 0.0286. The van der Waals surface area contributed by atoms with Gasteiger partial charge >= 0.3 is 0 Å². The molecule has 5 nitrogen and oxygen atoms in total. The quantitative estimate of drug-likeness (QED) is 0.774. The number of hydrogen-bond acceptors (Lipinski definition) is 4. The van der Waals surface area contributed by atoms with Gasteiger partial charge in [-0.05, 0) is 18.4 Å². The van der Waals surface area contributed by atoms with E-state index in [2.05, 4.69) is 30.7 Å². The van der Waals surface area contributed by atoms with Crippen molar-refractivity contribution in [3.05, 3.63) is 22.7 Å². The fourth-order valence-corrected chi connectivity index (χ4v) is 1.68. The molecule has 0 saturated heterocycles. The summed E-state index contributed by atoms with van der Waals surface area (Å²) in [5, 5.41) is 0. The lowest BCUT2D eigenvalue weighted by molar-refractivity contribution is 0.376. The van der Waals surface area contributed by atoms with Gasteiger partial charge in [-0.2, -0.15) is 0 Å². The average Bonchev–Trinajstić information content (AvgIpc) is 2.29. The summed E-state index contributed by atoms with van der Waals surface area (Å²) in [6, 6.07) is 0. The van der Waals surface area contributed by atoms with Gasteiger partial charge in [-0.25, -0.2) is 4.98 Å². The molecular weight excluding hydrogens is 216 g/mol. The van der Waals surface area contributed by atoms with Gasteiger partial charge in [0, 0.05) is 25.5 Å². The summed E-state index contributed by atoms with van der Waals surface area (Å²) in [4.78, 5) is 20.5. The van der Waals surface area contributed by atoms with Crippen molar-refractivity contribution in [3.63, 3.8) is 0 Å². The Bertz CT molecular complexity index is 399. The van der Waals surface area contributed by atoms with Crippen LogP contribution >= 0.6 is 0 Å². The molecule has 0 aliphatic rings. The van der Waals surface area contributed by atoms with Gasteiger partial charge in [0.1, 0.15) is 0 Å². The van der Waals surface area contributed by atoms with Gasteiger partial charge in [0.15, 0.2) is 5.82 Å². The number of rotatable bonds is 6. The number of hydrogen-bond donors (Lipinski definition) is 2. The minimum atomic E-state index is -0.145. The Kier molecular flexibility index (Phi) is 4.69. The van der Waals surface area contributed by atoms with Crippen molar-refractivity contribution in [2.24, 2.45) is 11.1 Å². The topological polar surface area (TPSA) is 75.0 Å². The maximum Gasteiger partial charge on any atom is 0.290 e. The number of anilines is 1. The lowest BCUT2D eigenvalue weighted by Crippen LogP contribution is -2.41. The first-order valence-corrected chi connectivity index (χ1v) is 5.99. The second kappa shape index (κ2) is 5.82. The molecule has 0 amide bonds. The molecule has 0 saturated carbocycles. The van der Waals surface area contributed by atoms with Crippen molar-refractivity contribution in [1.82, 2.24) is 9.97 Å². The van der Waals surface area contributed by atoms with Crippen LogP contribution in [0.2, 0.25) is 0 Å².